The molecule has 0 amide bonds. The zero-order chi connectivity index (χ0) is 18.9. The lowest BCUT2D eigenvalue weighted by atomic mass is 10.2. The highest BCUT2D eigenvalue weighted by atomic mass is 35.5. The summed E-state index contributed by atoms with van der Waals surface area (Å²) in [6.45, 7) is 0. The van der Waals surface area contributed by atoms with Gasteiger partial charge in [0, 0.05) is 17.7 Å². The number of halogens is 2. The van der Waals surface area contributed by atoms with E-state index in [-0.39, 0.29) is 25.8 Å². The normalized spacial score (nSPS) is 11.3. The van der Waals surface area contributed by atoms with E-state index in [1.165, 1.54) is 42.5 Å². The van der Waals surface area contributed by atoms with Gasteiger partial charge in [-0.3, -0.25) is 14.8 Å². The fourth-order valence-electron chi connectivity index (χ4n) is 1.92. The maximum absolute atomic E-state index is 12.4. The van der Waals surface area contributed by atoms with Crippen LogP contribution in [0, 0.1) is 10.1 Å². The number of hydrogen-bond acceptors (Lipinski definition) is 7. The predicted octanol–water partition coefficient (Wildman–Crippen LogP) is 4.22. The van der Waals surface area contributed by atoms with Crippen molar-refractivity contribution in [3.05, 3.63) is 62.6 Å². The molecular weight excluding hydrogens is 423 g/mol. The molecule has 26 heavy (non-hydrogen) atoms. The van der Waals surface area contributed by atoms with Gasteiger partial charge in [0.1, 0.15) is 5.01 Å². The molecule has 0 unspecified atom stereocenters. The first-order chi connectivity index (χ1) is 12.3. The number of non-ortho nitro benzene ring substituents is 1. The standard InChI is InChI=1S/C14H8Cl2N4O4S2/c15-11-6-5-10(7-12(11)16)26(23,24)19-14-18-17-13(25-14)8-1-3-9(4-2-8)20(21)22/h1-7H,(H,18,19). The van der Waals surface area contributed by atoms with Crippen LogP contribution in [0.25, 0.3) is 10.6 Å². The highest BCUT2D eigenvalue weighted by molar-refractivity contribution is 7.93. The zero-order valence-corrected chi connectivity index (χ0v) is 15.7. The zero-order valence-electron chi connectivity index (χ0n) is 12.6. The number of anilines is 1. The van der Waals surface area contributed by atoms with Crippen LogP contribution in [0.2, 0.25) is 10.0 Å². The first kappa shape index (κ1) is 18.5. The Labute approximate surface area is 161 Å². The molecule has 1 heterocycles. The predicted molar refractivity (Wildman–Crippen MR) is 99.3 cm³/mol. The lowest BCUT2D eigenvalue weighted by Crippen LogP contribution is -2.12. The van der Waals surface area contributed by atoms with E-state index in [1.807, 2.05) is 0 Å². The number of rotatable bonds is 5. The molecule has 3 rings (SSSR count). The van der Waals surface area contributed by atoms with Crippen LogP contribution in [0.15, 0.2) is 47.4 Å². The van der Waals surface area contributed by atoms with E-state index < -0.39 is 14.9 Å². The van der Waals surface area contributed by atoms with Gasteiger partial charge in [-0.1, -0.05) is 34.5 Å². The number of aromatic nitrogens is 2. The third-order valence-corrected chi connectivity index (χ3v) is 6.27. The third-order valence-electron chi connectivity index (χ3n) is 3.17. The Morgan fingerprint density at radius 2 is 1.73 bits per heavy atom. The fourth-order valence-corrected chi connectivity index (χ4v) is 4.29. The van der Waals surface area contributed by atoms with Crippen LogP contribution in [0.5, 0.6) is 0 Å². The minimum atomic E-state index is -3.91. The lowest BCUT2D eigenvalue weighted by Gasteiger charge is -2.05. The number of nitrogens with zero attached hydrogens (tertiary/aromatic N) is 3. The maximum atomic E-state index is 12.4. The van der Waals surface area contributed by atoms with Crippen molar-refractivity contribution in [1.82, 2.24) is 10.2 Å². The molecular formula is C14H8Cl2N4O4S2. The van der Waals surface area contributed by atoms with Gasteiger partial charge in [0.2, 0.25) is 5.13 Å². The summed E-state index contributed by atoms with van der Waals surface area (Å²) in [7, 11) is -3.91. The average molecular weight is 431 g/mol. The topological polar surface area (TPSA) is 115 Å². The highest BCUT2D eigenvalue weighted by Gasteiger charge is 2.18. The van der Waals surface area contributed by atoms with E-state index in [9.17, 15) is 18.5 Å². The van der Waals surface area contributed by atoms with Gasteiger partial charge in [0.05, 0.1) is 19.9 Å². The van der Waals surface area contributed by atoms with Crippen LogP contribution in [0.1, 0.15) is 0 Å². The van der Waals surface area contributed by atoms with Gasteiger partial charge in [-0.2, -0.15) is 0 Å². The van der Waals surface area contributed by atoms with E-state index in [0.717, 1.165) is 11.3 Å². The Hall–Kier alpha value is -2.27. The molecule has 0 atom stereocenters. The maximum Gasteiger partial charge on any atom is 0.269 e. The summed E-state index contributed by atoms with van der Waals surface area (Å²) in [5.41, 5.74) is 0.520. The summed E-state index contributed by atoms with van der Waals surface area (Å²) in [4.78, 5) is 10.1. The van der Waals surface area contributed by atoms with Crippen LogP contribution in [0.4, 0.5) is 10.8 Å². The largest absolute Gasteiger partial charge is 0.269 e. The fraction of sp³-hybridized carbons (Fsp3) is 0. The minimum Gasteiger partial charge on any atom is -0.258 e. The number of nitro benzene ring substituents is 1. The molecule has 1 aromatic heterocycles. The van der Waals surface area contributed by atoms with Crippen LogP contribution in [-0.2, 0) is 10.0 Å². The highest BCUT2D eigenvalue weighted by Crippen LogP contribution is 2.30. The summed E-state index contributed by atoms with van der Waals surface area (Å²) in [5, 5.41) is 19.2. The van der Waals surface area contributed by atoms with Gasteiger partial charge in [0.25, 0.3) is 15.7 Å². The molecule has 134 valence electrons. The van der Waals surface area contributed by atoms with Crippen molar-refractivity contribution in [3.8, 4) is 10.6 Å². The monoisotopic (exact) mass is 430 g/mol. The van der Waals surface area contributed by atoms with Crippen molar-refractivity contribution >= 4 is 55.4 Å². The summed E-state index contributed by atoms with van der Waals surface area (Å²) in [6, 6.07) is 9.60. The van der Waals surface area contributed by atoms with E-state index in [2.05, 4.69) is 14.9 Å². The number of sulfonamides is 1. The second-order valence-electron chi connectivity index (χ2n) is 4.90. The van der Waals surface area contributed by atoms with Crippen molar-refractivity contribution in [3.63, 3.8) is 0 Å². The molecule has 1 N–H and O–H groups in total. The SMILES string of the molecule is O=[N+]([O-])c1ccc(-c2nnc(NS(=O)(=O)c3ccc(Cl)c(Cl)c3)s2)cc1. The number of nitro groups is 1. The molecule has 0 saturated carbocycles. The summed E-state index contributed by atoms with van der Waals surface area (Å²) < 4.78 is 27.1. The molecule has 0 saturated heterocycles. The number of nitrogens with one attached hydrogen (secondary N) is 1. The second kappa shape index (κ2) is 7.16. The third kappa shape index (κ3) is 3.93. The Morgan fingerprint density at radius 3 is 2.35 bits per heavy atom. The first-order valence-electron chi connectivity index (χ1n) is 6.82. The van der Waals surface area contributed by atoms with Crippen LogP contribution in [-0.4, -0.2) is 23.5 Å². The van der Waals surface area contributed by atoms with Crippen molar-refractivity contribution in [2.24, 2.45) is 0 Å². The Kier molecular flexibility index (Phi) is 5.10. The van der Waals surface area contributed by atoms with Gasteiger partial charge in [-0.05, 0) is 30.3 Å². The summed E-state index contributed by atoms with van der Waals surface area (Å²) >= 11 is 12.6. The molecule has 0 aliphatic heterocycles. The molecule has 8 nitrogen and oxygen atoms in total. The van der Waals surface area contributed by atoms with Gasteiger partial charge in [0.15, 0.2) is 0 Å². The molecule has 0 fully saturated rings. The Morgan fingerprint density at radius 1 is 1.04 bits per heavy atom. The molecule has 12 heteroatoms. The van der Waals surface area contributed by atoms with Gasteiger partial charge < -0.3 is 0 Å². The van der Waals surface area contributed by atoms with Crippen LogP contribution >= 0.6 is 34.5 Å². The number of benzene rings is 2. The molecule has 3 aromatic rings. The smallest absolute Gasteiger partial charge is 0.258 e. The van der Waals surface area contributed by atoms with Crippen molar-refractivity contribution in [1.29, 1.82) is 0 Å². The van der Waals surface area contributed by atoms with E-state index in [4.69, 9.17) is 23.2 Å². The molecule has 0 aliphatic rings. The quantitative estimate of drug-likeness (QED) is 0.478. The summed E-state index contributed by atoms with van der Waals surface area (Å²) in [6.07, 6.45) is 0. The first-order valence-corrected chi connectivity index (χ1v) is 9.88. The van der Waals surface area contributed by atoms with E-state index >= 15 is 0 Å². The van der Waals surface area contributed by atoms with Crippen molar-refractivity contribution < 1.29 is 13.3 Å². The second-order valence-corrected chi connectivity index (χ2v) is 8.37. The number of hydrogen-bond donors (Lipinski definition) is 1. The lowest BCUT2D eigenvalue weighted by molar-refractivity contribution is -0.384. The molecule has 2 aromatic carbocycles. The van der Waals surface area contributed by atoms with E-state index in [1.54, 1.807) is 0 Å². The van der Waals surface area contributed by atoms with Gasteiger partial charge in [-0.25, -0.2) is 8.42 Å². The van der Waals surface area contributed by atoms with E-state index in [0.29, 0.717) is 10.6 Å². The Bertz CT molecular complexity index is 1080. The van der Waals surface area contributed by atoms with Crippen molar-refractivity contribution in [2.45, 2.75) is 4.90 Å². The van der Waals surface area contributed by atoms with Crippen molar-refractivity contribution in [2.75, 3.05) is 4.72 Å². The average Bonchev–Trinajstić information content (AvgIpc) is 3.05. The van der Waals surface area contributed by atoms with Gasteiger partial charge in [-0.15, -0.1) is 10.2 Å². The molecule has 0 radical (unpaired) electrons. The summed E-state index contributed by atoms with van der Waals surface area (Å²) in [5.74, 6) is 0. The van der Waals surface area contributed by atoms with Gasteiger partial charge >= 0.3 is 0 Å². The molecule has 0 bridgehead atoms. The molecule has 0 aliphatic carbocycles. The minimum absolute atomic E-state index is 0.0458. The van der Waals surface area contributed by atoms with Crippen LogP contribution in [0.3, 0.4) is 0 Å². The van der Waals surface area contributed by atoms with Crippen LogP contribution < -0.4 is 4.72 Å². The Balaban J connectivity index is 1.83. The molecule has 0 spiro atoms.